The summed E-state index contributed by atoms with van der Waals surface area (Å²) in [6, 6.07) is 13.8. The number of hydrogen-bond donors (Lipinski definition) is 1. The average Bonchev–Trinajstić information content (AvgIpc) is 3.22. The molecule has 0 saturated heterocycles. The minimum Gasteiger partial charge on any atom is -0.337 e. The van der Waals surface area contributed by atoms with Crippen LogP contribution in [-0.2, 0) is 6.42 Å². The first-order valence-electron chi connectivity index (χ1n) is 7.33. The quantitative estimate of drug-likeness (QED) is 0.624. The minimum absolute atomic E-state index is 0.724. The van der Waals surface area contributed by atoms with Gasteiger partial charge in [0.1, 0.15) is 5.03 Å². The van der Waals surface area contributed by atoms with Crippen LogP contribution in [0.25, 0.3) is 17.0 Å². The Labute approximate surface area is 137 Å². The van der Waals surface area contributed by atoms with Crippen molar-refractivity contribution in [1.82, 2.24) is 29.8 Å². The zero-order valence-corrected chi connectivity index (χ0v) is 13.3. The summed E-state index contributed by atoms with van der Waals surface area (Å²) in [4.78, 5) is 7.63. The van der Waals surface area contributed by atoms with Crippen LogP contribution in [0.1, 0.15) is 12.6 Å². The van der Waals surface area contributed by atoms with Crippen molar-refractivity contribution in [3.8, 4) is 11.4 Å². The molecule has 6 nitrogen and oxygen atoms in total. The second kappa shape index (κ2) is 5.85. The molecule has 0 unspecified atom stereocenters. The number of imidazole rings is 1. The van der Waals surface area contributed by atoms with Crippen molar-refractivity contribution in [3.63, 3.8) is 0 Å². The molecule has 1 aromatic carbocycles. The number of nitrogens with one attached hydrogen (secondary N) is 1. The fourth-order valence-corrected chi connectivity index (χ4v) is 3.01. The van der Waals surface area contributed by atoms with E-state index in [1.54, 1.807) is 4.52 Å². The molecule has 0 spiro atoms. The van der Waals surface area contributed by atoms with E-state index in [0.717, 1.165) is 39.3 Å². The van der Waals surface area contributed by atoms with Crippen molar-refractivity contribution < 1.29 is 0 Å². The highest BCUT2D eigenvalue weighted by Crippen LogP contribution is 2.24. The van der Waals surface area contributed by atoms with Crippen molar-refractivity contribution in [3.05, 3.63) is 54.4 Å². The normalized spacial score (nSPS) is 11.2. The summed E-state index contributed by atoms with van der Waals surface area (Å²) < 4.78 is 1.77. The number of aromatic amines is 1. The van der Waals surface area contributed by atoms with Crippen molar-refractivity contribution in [2.24, 2.45) is 0 Å². The predicted molar refractivity (Wildman–Crippen MR) is 88.3 cm³/mol. The van der Waals surface area contributed by atoms with Gasteiger partial charge in [-0.2, -0.15) is 9.61 Å². The lowest BCUT2D eigenvalue weighted by atomic mass is 10.2. The number of H-pyrrole nitrogens is 1. The SMILES string of the molecule is CCc1cnc(Sc2ccc3nnc(-c4ccccc4)n3n2)[nH]1. The van der Waals surface area contributed by atoms with Crippen molar-refractivity contribution in [1.29, 1.82) is 0 Å². The molecule has 4 rings (SSSR count). The third-order valence-corrected chi connectivity index (χ3v) is 4.29. The lowest BCUT2D eigenvalue weighted by Gasteiger charge is -2.01. The molecule has 0 radical (unpaired) electrons. The van der Waals surface area contributed by atoms with Crippen LogP contribution in [0.4, 0.5) is 0 Å². The van der Waals surface area contributed by atoms with Crippen LogP contribution in [0, 0.1) is 0 Å². The maximum absolute atomic E-state index is 4.64. The third-order valence-electron chi connectivity index (χ3n) is 3.46. The maximum atomic E-state index is 4.64. The van der Waals surface area contributed by atoms with Crippen LogP contribution in [0.15, 0.2) is 58.8 Å². The smallest absolute Gasteiger partial charge is 0.185 e. The molecule has 0 bridgehead atoms. The largest absolute Gasteiger partial charge is 0.337 e. The second-order valence-electron chi connectivity index (χ2n) is 5.00. The van der Waals surface area contributed by atoms with E-state index in [2.05, 4.69) is 32.2 Å². The Morgan fingerprint density at radius 2 is 1.96 bits per heavy atom. The Kier molecular flexibility index (Phi) is 3.55. The van der Waals surface area contributed by atoms with Crippen LogP contribution in [0.2, 0.25) is 0 Å². The number of rotatable bonds is 4. The molecular weight excluding hydrogens is 308 g/mol. The first kappa shape index (κ1) is 14.0. The van der Waals surface area contributed by atoms with Gasteiger partial charge in [0.2, 0.25) is 0 Å². The molecule has 0 aliphatic heterocycles. The van der Waals surface area contributed by atoms with E-state index in [1.807, 2.05) is 48.7 Å². The minimum atomic E-state index is 0.724. The van der Waals surface area contributed by atoms with Crippen LogP contribution in [0.5, 0.6) is 0 Å². The topological polar surface area (TPSA) is 71.8 Å². The zero-order valence-electron chi connectivity index (χ0n) is 12.5. The van der Waals surface area contributed by atoms with Gasteiger partial charge in [-0.05, 0) is 30.3 Å². The molecule has 4 aromatic rings. The number of nitrogens with zero attached hydrogens (tertiary/aromatic N) is 5. The summed E-state index contributed by atoms with van der Waals surface area (Å²) in [6.07, 6.45) is 2.79. The predicted octanol–water partition coefficient (Wildman–Crippen LogP) is 3.23. The molecule has 3 heterocycles. The van der Waals surface area contributed by atoms with E-state index in [4.69, 9.17) is 0 Å². The van der Waals surface area contributed by atoms with Gasteiger partial charge in [-0.15, -0.1) is 10.2 Å². The van der Waals surface area contributed by atoms with Gasteiger partial charge >= 0.3 is 0 Å². The Bertz CT molecular complexity index is 944. The lowest BCUT2D eigenvalue weighted by molar-refractivity contribution is 0.857. The Morgan fingerprint density at radius 3 is 2.74 bits per heavy atom. The lowest BCUT2D eigenvalue weighted by Crippen LogP contribution is -1.96. The van der Waals surface area contributed by atoms with Gasteiger partial charge in [-0.1, -0.05) is 37.3 Å². The summed E-state index contributed by atoms with van der Waals surface area (Å²) >= 11 is 1.49. The number of fused-ring (bicyclic) bond motifs is 1. The van der Waals surface area contributed by atoms with Gasteiger partial charge in [-0.3, -0.25) is 0 Å². The van der Waals surface area contributed by atoms with Gasteiger partial charge in [0.05, 0.1) is 0 Å². The highest BCUT2D eigenvalue weighted by atomic mass is 32.2. The molecule has 0 fully saturated rings. The van der Waals surface area contributed by atoms with Gasteiger partial charge < -0.3 is 4.98 Å². The molecule has 0 saturated carbocycles. The number of benzene rings is 1. The van der Waals surface area contributed by atoms with E-state index < -0.39 is 0 Å². The molecule has 1 N–H and O–H groups in total. The summed E-state index contributed by atoms with van der Waals surface area (Å²) in [7, 11) is 0. The van der Waals surface area contributed by atoms with Gasteiger partial charge in [-0.25, -0.2) is 4.98 Å². The molecule has 7 heteroatoms. The molecule has 0 atom stereocenters. The standard InChI is InChI=1S/C16H14N6S/c1-2-12-10-17-16(18-12)23-14-9-8-13-19-20-15(22(13)21-14)11-6-4-3-5-7-11/h3-10H,2H2,1H3,(H,17,18). The molecule has 0 aliphatic rings. The Hall–Kier alpha value is -2.67. The Morgan fingerprint density at radius 1 is 1.09 bits per heavy atom. The summed E-state index contributed by atoms with van der Waals surface area (Å²) in [5.74, 6) is 0.733. The van der Waals surface area contributed by atoms with E-state index in [0.29, 0.717) is 0 Å². The van der Waals surface area contributed by atoms with E-state index in [9.17, 15) is 0 Å². The summed E-state index contributed by atoms with van der Waals surface area (Å²) in [5, 5.41) is 14.7. The van der Waals surface area contributed by atoms with Crippen molar-refractivity contribution in [2.45, 2.75) is 23.5 Å². The maximum Gasteiger partial charge on any atom is 0.185 e. The third kappa shape index (κ3) is 2.70. The first-order chi connectivity index (χ1) is 11.3. The van der Waals surface area contributed by atoms with Gasteiger partial charge in [0.15, 0.2) is 16.6 Å². The highest BCUT2D eigenvalue weighted by Gasteiger charge is 2.11. The van der Waals surface area contributed by atoms with E-state index >= 15 is 0 Å². The van der Waals surface area contributed by atoms with Crippen molar-refractivity contribution >= 4 is 17.4 Å². The van der Waals surface area contributed by atoms with Crippen LogP contribution < -0.4 is 0 Å². The molecule has 114 valence electrons. The van der Waals surface area contributed by atoms with E-state index in [-0.39, 0.29) is 0 Å². The van der Waals surface area contributed by atoms with Gasteiger partial charge in [0.25, 0.3) is 0 Å². The second-order valence-corrected chi connectivity index (χ2v) is 6.01. The van der Waals surface area contributed by atoms with Crippen LogP contribution in [-0.4, -0.2) is 29.8 Å². The summed E-state index contributed by atoms with van der Waals surface area (Å²) in [5.41, 5.74) is 2.82. The highest BCUT2D eigenvalue weighted by molar-refractivity contribution is 7.99. The first-order valence-corrected chi connectivity index (χ1v) is 8.15. The molecule has 3 aromatic heterocycles. The molecular formula is C16H14N6S. The van der Waals surface area contributed by atoms with Crippen molar-refractivity contribution in [2.75, 3.05) is 0 Å². The zero-order chi connectivity index (χ0) is 15.6. The number of aromatic nitrogens is 6. The molecule has 23 heavy (non-hydrogen) atoms. The Balaban J connectivity index is 1.72. The van der Waals surface area contributed by atoms with Crippen LogP contribution >= 0.6 is 11.8 Å². The average molecular weight is 322 g/mol. The molecule has 0 aliphatic carbocycles. The van der Waals surface area contributed by atoms with E-state index in [1.165, 1.54) is 11.8 Å². The monoisotopic (exact) mass is 322 g/mol. The summed E-state index contributed by atoms with van der Waals surface area (Å²) in [6.45, 7) is 2.09. The number of aryl methyl sites for hydroxylation is 1. The van der Waals surface area contributed by atoms with Gasteiger partial charge in [0, 0.05) is 17.5 Å². The number of hydrogen-bond acceptors (Lipinski definition) is 5. The van der Waals surface area contributed by atoms with Crippen LogP contribution in [0.3, 0.4) is 0 Å². The fraction of sp³-hybridized carbons (Fsp3) is 0.125. The molecule has 0 amide bonds. The fourth-order valence-electron chi connectivity index (χ4n) is 2.26.